The molecule has 0 aliphatic heterocycles. The van der Waals surface area contributed by atoms with Gasteiger partial charge in [-0.15, -0.1) is 11.3 Å². The van der Waals surface area contributed by atoms with E-state index >= 15 is 0 Å². The molecule has 1 N–H and O–H groups in total. The topological polar surface area (TPSA) is 29.9 Å². The van der Waals surface area contributed by atoms with Crippen LogP contribution in [0.25, 0.3) is 10.9 Å². The van der Waals surface area contributed by atoms with E-state index in [9.17, 15) is 0 Å². The zero-order valence-electron chi connectivity index (χ0n) is 11.0. The van der Waals surface area contributed by atoms with Crippen LogP contribution in [0.2, 0.25) is 0 Å². The Balaban J connectivity index is 1.79. The molecule has 2 heterocycles. The predicted octanol–water partition coefficient (Wildman–Crippen LogP) is 3.26. The summed E-state index contributed by atoms with van der Waals surface area (Å²) in [7, 11) is 0. The van der Waals surface area contributed by atoms with Gasteiger partial charge in [-0.2, -0.15) is 5.10 Å². The number of para-hydroxylation sites is 1. The first-order valence-corrected chi connectivity index (χ1v) is 7.37. The van der Waals surface area contributed by atoms with E-state index < -0.39 is 0 Å². The summed E-state index contributed by atoms with van der Waals surface area (Å²) in [5, 5.41) is 9.02. The lowest BCUT2D eigenvalue weighted by Gasteiger charge is -2.01. The van der Waals surface area contributed by atoms with E-state index in [4.69, 9.17) is 0 Å². The summed E-state index contributed by atoms with van der Waals surface area (Å²) in [4.78, 5) is 2.73. The van der Waals surface area contributed by atoms with Crippen LogP contribution in [0.15, 0.2) is 42.6 Å². The molecular weight excluding hydrogens is 254 g/mol. The van der Waals surface area contributed by atoms with Gasteiger partial charge in [-0.25, -0.2) is 0 Å². The third kappa shape index (κ3) is 2.69. The van der Waals surface area contributed by atoms with E-state index in [-0.39, 0.29) is 0 Å². The molecule has 0 bridgehead atoms. The molecule has 3 aromatic rings. The number of rotatable bonds is 5. The van der Waals surface area contributed by atoms with Gasteiger partial charge in [0.1, 0.15) is 0 Å². The Morgan fingerprint density at radius 1 is 1.16 bits per heavy atom. The van der Waals surface area contributed by atoms with Crippen molar-refractivity contribution in [2.24, 2.45) is 0 Å². The summed E-state index contributed by atoms with van der Waals surface area (Å²) in [6.07, 6.45) is 1.93. The monoisotopic (exact) mass is 271 g/mol. The molecule has 0 saturated carbocycles. The Bertz CT molecular complexity index is 669. The molecule has 0 fully saturated rings. The minimum Gasteiger partial charge on any atom is -0.312 e. The maximum absolute atomic E-state index is 4.47. The van der Waals surface area contributed by atoms with Crippen LogP contribution in [0.4, 0.5) is 0 Å². The van der Waals surface area contributed by atoms with Crippen LogP contribution >= 0.6 is 11.3 Å². The van der Waals surface area contributed by atoms with Gasteiger partial charge in [0.15, 0.2) is 0 Å². The van der Waals surface area contributed by atoms with Gasteiger partial charge in [0.2, 0.25) is 0 Å². The van der Waals surface area contributed by atoms with Crippen molar-refractivity contribution in [1.29, 1.82) is 0 Å². The first-order valence-electron chi connectivity index (χ1n) is 6.55. The van der Waals surface area contributed by atoms with Crippen molar-refractivity contribution < 1.29 is 0 Å². The van der Waals surface area contributed by atoms with Crippen molar-refractivity contribution in [3.63, 3.8) is 0 Å². The first-order chi connectivity index (χ1) is 9.36. The molecule has 0 radical (unpaired) electrons. The summed E-state index contributed by atoms with van der Waals surface area (Å²) >= 11 is 1.86. The fourth-order valence-corrected chi connectivity index (χ4v) is 3.12. The third-order valence-corrected chi connectivity index (χ3v) is 4.19. The van der Waals surface area contributed by atoms with E-state index in [1.807, 2.05) is 23.6 Å². The van der Waals surface area contributed by atoms with Crippen molar-refractivity contribution in [2.75, 3.05) is 6.54 Å². The summed E-state index contributed by atoms with van der Waals surface area (Å²) in [6.45, 7) is 4.95. The van der Waals surface area contributed by atoms with Crippen molar-refractivity contribution in [2.45, 2.75) is 20.0 Å². The highest BCUT2D eigenvalue weighted by atomic mass is 32.1. The maximum Gasteiger partial charge on any atom is 0.0759 e. The molecule has 0 amide bonds. The Morgan fingerprint density at radius 2 is 2.00 bits per heavy atom. The molecule has 0 atom stereocenters. The average Bonchev–Trinajstić information content (AvgIpc) is 3.05. The number of hydrogen-bond donors (Lipinski definition) is 1. The molecule has 3 nitrogen and oxygen atoms in total. The molecule has 0 aliphatic rings. The standard InChI is InChI=1S/C15H17N3S/c1-2-16-10-13-7-8-14(19-13)11-18-15-6-4-3-5-12(15)9-17-18/h3-9,16H,2,10-11H2,1H3. The molecule has 3 rings (SSSR count). The van der Waals surface area contributed by atoms with Gasteiger partial charge >= 0.3 is 0 Å². The third-order valence-electron chi connectivity index (χ3n) is 3.12. The number of fused-ring (bicyclic) bond motifs is 1. The molecule has 19 heavy (non-hydrogen) atoms. The summed E-state index contributed by atoms with van der Waals surface area (Å²) in [5.41, 5.74) is 1.20. The molecular formula is C15H17N3S. The lowest BCUT2D eigenvalue weighted by Crippen LogP contribution is -2.10. The molecule has 0 aliphatic carbocycles. The highest BCUT2D eigenvalue weighted by Gasteiger charge is 2.05. The highest BCUT2D eigenvalue weighted by Crippen LogP contribution is 2.20. The molecule has 98 valence electrons. The highest BCUT2D eigenvalue weighted by molar-refractivity contribution is 7.11. The Labute approximate surface area is 116 Å². The van der Waals surface area contributed by atoms with Gasteiger partial charge in [0.25, 0.3) is 0 Å². The van der Waals surface area contributed by atoms with E-state index in [1.165, 1.54) is 20.7 Å². The Kier molecular flexibility index (Phi) is 3.62. The van der Waals surface area contributed by atoms with E-state index in [0.29, 0.717) is 0 Å². The van der Waals surface area contributed by atoms with Gasteiger partial charge in [-0.3, -0.25) is 4.68 Å². The van der Waals surface area contributed by atoms with E-state index in [1.54, 1.807) is 0 Å². The summed E-state index contributed by atoms with van der Waals surface area (Å²) < 4.78 is 2.07. The molecule has 0 saturated heterocycles. The minimum atomic E-state index is 0.851. The zero-order chi connectivity index (χ0) is 13.1. The first kappa shape index (κ1) is 12.4. The number of nitrogens with zero attached hydrogens (tertiary/aromatic N) is 2. The number of aromatic nitrogens is 2. The van der Waals surface area contributed by atoms with Gasteiger partial charge in [0, 0.05) is 21.7 Å². The largest absolute Gasteiger partial charge is 0.312 e. The van der Waals surface area contributed by atoms with Crippen LogP contribution in [0, 0.1) is 0 Å². The van der Waals surface area contributed by atoms with Crippen LogP contribution in [-0.4, -0.2) is 16.3 Å². The Morgan fingerprint density at radius 3 is 2.89 bits per heavy atom. The number of benzene rings is 1. The predicted molar refractivity (Wildman–Crippen MR) is 80.5 cm³/mol. The average molecular weight is 271 g/mol. The lowest BCUT2D eigenvalue weighted by molar-refractivity contribution is 0.720. The fourth-order valence-electron chi connectivity index (χ4n) is 2.15. The molecule has 1 aromatic carbocycles. The van der Waals surface area contributed by atoms with Gasteiger partial charge in [-0.1, -0.05) is 25.1 Å². The second kappa shape index (κ2) is 5.55. The SMILES string of the molecule is CCNCc1ccc(Cn2ncc3ccccc32)s1. The minimum absolute atomic E-state index is 0.851. The number of thiophene rings is 1. The zero-order valence-corrected chi connectivity index (χ0v) is 11.8. The summed E-state index contributed by atoms with van der Waals surface area (Å²) in [5.74, 6) is 0. The fraction of sp³-hybridized carbons (Fsp3) is 0.267. The van der Waals surface area contributed by atoms with Crippen LogP contribution in [0.1, 0.15) is 16.7 Å². The maximum atomic E-state index is 4.47. The quantitative estimate of drug-likeness (QED) is 0.772. The van der Waals surface area contributed by atoms with Crippen LogP contribution in [0.5, 0.6) is 0 Å². The summed E-state index contributed by atoms with van der Waals surface area (Å²) in [6, 6.07) is 12.7. The van der Waals surface area contributed by atoms with Gasteiger partial charge in [0.05, 0.1) is 18.3 Å². The molecule has 0 unspecified atom stereocenters. The van der Waals surface area contributed by atoms with E-state index in [0.717, 1.165) is 19.6 Å². The van der Waals surface area contributed by atoms with Crippen LogP contribution in [-0.2, 0) is 13.1 Å². The van der Waals surface area contributed by atoms with E-state index in [2.05, 4.69) is 52.4 Å². The van der Waals surface area contributed by atoms with Crippen LogP contribution < -0.4 is 5.32 Å². The smallest absolute Gasteiger partial charge is 0.0759 e. The number of hydrogen-bond acceptors (Lipinski definition) is 3. The molecule has 2 aromatic heterocycles. The molecule has 4 heteroatoms. The van der Waals surface area contributed by atoms with Crippen molar-refractivity contribution in [3.8, 4) is 0 Å². The molecule has 0 spiro atoms. The Hall–Kier alpha value is -1.65. The van der Waals surface area contributed by atoms with Crippen molar-refractivity contribution in [1.82, 2.24) is 15.1 Å². The van der Waals surface area contributed by atoms with Crippen molar-refractivity contribution >= 4 is 22.2 Å². The second-order valence-corrected chi connectivity index (χ2v) is 5.76. The van der Waals surface area contributed by atoms with Crippen LogP contribution in [0.3, 0.4) is 0 Å². The normalized spacial score (nSPS) is 11.2. The lowest BCUT2D eigenvalue weighted by atomic mass is 10.2. The van der Waals surface area contributed by atoms with Gasteiger partial charge < -0.3 is 5.32 Å². The number of nitrogens with one attached hydrogen (secondary N) is 1. The van der Waals surface area contributed by atoms with Crippen molar-refractivity contribution in [3.05, 3.63) is 52.3 Å². The second-order valence-electron chi connectivity index (χ2n) is 4.51. The van der Waals surface area contributed by atoms with Gasteiger partial charge in [-0.05, 0) is 24.7 Å².